The highest BCUT2D eigenvalue weighted by atomic mass is 32.1. The monoisotopic (exact) mass is 426 g/mol. The molecule has 0 spiro atoms. The van der Waals surface area contributed by atoms with E-state index in [4.69, 9.17) is 4.74 Å². The van der Waals surface area contributed by atoms with E-state index in [1.165, 1.54) is 18.5 Å². The first kappa shape index (κ1) is 21.0. The standard InChI is InChI=1S/C18H17F3N4O3S/c1-10-12(4-3-5-22-10)28-13-6-11(18(19,20)21)7-23-15(13)25-16-24-14(8-29-16)17(2,27)9-26/h3-8,26-27H,9H2,1-2H3,(H,23,24,25). The normalized spacial score (nSPS) is 13.8. The molecule has 3 rings (SSSR count). The fourth-order valence-corrected chi connectivity index (χ4v) is 3.06. The lowest BCUT2D eigenvalue weighted by Crippen LogP contribution is -2.26. The lowest BCUT2D eigenvalue weighted by molar-refractivity contribution is -0.137. The molecule has 3 aromatic heterocycles. The number of pyridine rings is 2. The molecular weight excluding hydrogens is 409 g/mol. The van der Waals surface area contributed by atoms with E-state index >= 15 is 0 Å². The zero-order valence-electron chi connectivity index (χ0n) is 15.4. The number of nitrogens with zero attached hydrogens (tertiary/aromatic N) is 3. The van der Waals surface area contributed by atoms with Crippen LogP contribution in [0.3, 0.4) is 0 Å². The van der Waals surface area contributed by atoms with Crippen molar-refractivity contribution >= 4 is 22.3 Å². The van der Waals surface area contributed by atoms with Gasteiger partial charge >= 0.3 is 6.18 Å². The van der Waals surface area contributed by atoms with Gasteiger partial charge in [0.1, 0.15) is 11.4 Å². The predicted molar refractivity (Wildman–Crippen MR) is 100 cm³/mol. The van der Waals surface area contributed by atoms with E-state index in [1.54, 1.807) is 19.1 Å². The SMILES string of the molecule is Cc1ncccc1Oc1cc(C(F)(F)F)cnc1Nc1nc(C(C)(O)CO)cs1. The summed E-state index contributed by atoms with van der Waals surface area (Å²) >= 11 is 1.09. The molecule has 1 atom stereocenters. The minimum Gasteiger partial charge on any atom is -0.452 e. The number of hydrogen-bond donors (Lipinski definition) is 3. The van der Waals surface area contributed by atoms with Gasteiger partial charge in [-0.25, -0.2) is 9.97 Å². The van der Waals surface area contributed by atoms with Crippen molar-refractivity contribution in [2.24, 2.45) is 0 Å². The van der Waals surface area contributed by atoms with Crippen molar-refractivity contribution in [3.8, 4) is 11.5 Å². The van der Waals surface area contributed by atoms with E-state index in [9.17, 15) is 23.4 Å². The van der Waals surface area contributed by atoms with Crippen LogP contribution in [0.1, 0.15) is 23.9 Å². The van der Waals surface area contributed by atoms with E-state index < -0.39 is 23.9 Å². The minimum absolute atomic E-state index is 0.00537. The van der Waals surface area contributed by atoms with E-state index in [1.807, 2.05) is 0 Å². The molecule has 0 saturated carbocycles. The average Bonchev–Trinajstić information content (AvgIpc) is 3.13. The second kappa shape index (κ2) is 7.93. The highest BCUT2D eigenvalue weighted by Gasteiger charge is 2.32. The quantitative estimate of drug-likeness (QED) is 0.548. The van der Waals surface area contributed by atoms with Crippen molar-refractivity contribution < 1.29 is 28.1 Å². The number of aromatic nitrogens is 3. The number of halogens is 3. The number of rotatable bonds is 6. The zero-order chi connectivity index (χ0) is 21.2. The zero-order valence-corrected chi connectivity index (χ0v) is 16.2. The van der Waals surface area contributed by atoms with Crippen LogP contribution in [0.25, 0.3) is 0 Å². The van der Waals surface area contributed by atoms with Crippen molar-refractivity contribution in [1.29, 1.82) is 0 Å². The molecule has 11 heteroatoms. The summed E-state index contributed by atoms with van der Waals surface area (Å²) in [5, 5.41) is 23.9. The number of thiazole rings is 1. The summed E-state index contributed by atoms with van der Waals surface area (Å²) in [7, 11) is 0. The van der Waals surface area contributed by atoms with E-state index in [-0.39, 0.29) is 28.1 Å². The van der Waals surface area contributed by atoms with Crippen LogP contribution in [-0.2, 0) is 11.8 Å². The summed E-state index contributed by atoms with van der Waals surface area (Å²) in [6.07, 6.45) is -2.37. The summed E-state index contributed by atoms with van der Waals surface area (Å²) in [6.45, 7) is 2.51. The molecule has 0 saturated heterocycles. The summed E-state index contributed by atoms with van der Waals surface area (Å²) in [5.74, 6) is 0.118. The first-order valence-corrected chi connectivity index (χ1v) is 9.21. The summed E-state index contributed by atoms with van der Waals surface area (Å²) in [4.78, 5) is 12.0. The van der Waals surface area contributed by atoms with Crippen molar-refractivity contribution in [3.63, 3.8) is 0 Å². The molecule has 154 valence electrons. The molecule has 0 aliphatic heterocycles. The Balaban J connectivity index is 1.96. The molecule has 1 unspecified atom stereocenters. The highest BCUT2D eigenvalue weighted by Crippen LogP contribution is 2.37. The van der Waals surface area contributed by atoms with E-state index in [0.29, 0.717) is 11.9 Å². The molecule has 29 heavy (non-hydrogen) atoms. The summed E-state index contributed by atoms with van der Waals surface area (Å²) in [5.41, 5.74) is -1.81. The van der Waals surface area contributed by atoms with Gasteiger partial charge in [-0.1, -0.05) is 0 Å². The fraction of sp³-hybridized carbons (Fsp3) is 0.278. The first-order valence-electron chi connectivity index (χ1n) is 8.33. The van der Waals surface area contributed by atoms with Gasteiger partial charge in [0.05, 0.1) is 23.6 Å². The van der Waals surface area contributed by atoms with Crippen LogP contribution in [-0.4, -0.2) is 31.8 Å². The number of anilines is 2. The number of nitrogens with one attached hydrogen (secondary N) is 1. The Hall–Kier alpha value is -2.76. The largest absolute Gasteiger partial charge is 0.452 e. The Labute approximate surface area is 167 Å². The van der Waals surface area contributed by atoms with Crippen molar-refractivity contribution in [1.82, 2.24) is 15.0 Å². The Morgan fingerprint density at radius 2 is 2.00 bits per heavy atom. The molecule has 0 bridgehead atoms. The number of alkyl halides is 3. The third-order valence-electron chi connectivity index (χ3n) is 3.95. The van der Waals surface area contributed by atoms with Gasteiger partial charge in [-0.15, -0.1) is 11.3 Å². The van der Waals surface area contributed by atoms with E-state index in [2.05, 4.69) is 20.3 Å². The smallest absolute Gasteiger partial charge is 0.418 e. The lowest BCUT2D eigenvalue weighted by atomic mass is 10.1. The maximum atomic E-state index is 13.1. The molecule has 3 aromatic rings. The lowest BCUT2D eigenvalue weighted by Gasteiger charge is -2.17. The predicted octanol–water partition coefficient (Wildman–Crippen LogP) is 4.00. The second-order valence-corrected chi connectivity index (χ2v) is 7.21. The number of aryl methyl sites for hydroxylation is 1. The number of ether oxygens (including phenoxy) is 1. The third-order valence-corrected chi connectivity index (χ3v) is 4.71. The Bertz CT molecular complexity index is 1010. The maximum absolute atomic E-state index is 13.1. The van der Waals surface area contributed by atoms with Crippen LogP contribution < -0.4 is 10.1 Å². The van der Waals surface area contributed by atoms with Gasteiger partial charge < -0.3 is 20.3 Å². The van der Waals surface area contributed by atoms with Crippen LogP contribution in [0.2, 0.25) is 0 Å². The molecule has 0 aliphatic carbocycles. The Morgan fingerprint density at radius 1 is 1.24 bits per heavy atom. The second-order valence-electron chi connectivity index (χ2n) is 6.35. The molecule has 0 fully saturated rings. The van der Waals surface area contributed by atoms with Crippen LogP contribution in [0, 0.1) is 6.92 Å². The highest BCUT2D eigenvalue weighted by molar-refractivity contribution is 7.13. The van der Waals surface area contributed by atoms with Gasteiger partial charge in [0.15, 0.2) is 16.7 Å². The number of hydrogen-bond acceptors (Lipinski definition) is 8. The van der Waals surface area contributed by atoms with Crippen LogP contribution >= 0.6 is 11.3 Å². The molecule has 3 N–H and O–H groups in total. The van der Waals surface area contributed by atoms with Gasteiger partial charge in [-0.2, -0.15) is 13.2 Å². The van der Waals surface area contributed by atoms with Gasteiger partial charge in [-0.3, -0.25) is 4.98 Å². The molecule has 0 amide bonds. The van der Waals surface area contributed by atoms with E-state index in [0.717, 1.165) is 17.4 Å². The van der Waals surface area contributed by atoms with Crippen LogP contribution in [0.4, 0.5) is 24.1 Å². The Kier molecular flexibility index (Phi) is 5.73. The third kappa shape index (κ3) is 4.81. The maximum Gasteiger partial charge on any atom is 0.418 e. The number of aliphatic hydroxyl groups is 2. The van der Waals surface area contributed by atoms with Crippen molar-refractivity contribution in [3.05, 3.63) is 52.9 Å². The molecule has 7 nitrogen and oxygen atoms in total. The molecular formula is C18H17F3N4O3S. The van der Waals surface area contributed by atoms with Gasteiger partial charge in [0, 0.05) is 17.8 Å². The topological polar surface area (TPSA) is 100 Å². The molecule has 0 radical (unpaired) electrons. The average molecular weight is 426 g/mol. The number of aliphatic hydroxyl groups excluding tert-OH is 1. The fourth-order valence-electron chi connectivity index (χ4n) is 2.23. The van der Waals surface area contributed by atoms with Gasteiger partial charge in [0.25, 0.3) is 0 Å². The first-order chi connectivity index (χ1) is 13.6. The van der Waals surface area contributed by atoms with Gasteiger partial charge in [-0.05, 0) is 32.0 Å². The summed E-state index contributed by atoms with van der Waals surface area (Å²) < 4.78 is 45.0. The van der Waals surface area contributed by atoms with Crippen molar-refractivity contribution in [2.75, 3.05) is 11.9 Å². The van der Waals surface area contributed by atoms with Gasteiger partial charge in [0.2, 0.25) is 0 Å². The Morgan fingerprint density at radius 3 is 2.66 bits per heavy atom. The van der Waals surface area contributed by atoms with Crippen LogP contribution in [0.5, 0.6) is 11.5 Å². The minimum atomic E-state index is -4.60. The molecule has 3 heterocycles. The molecule has 0 aliphatic rings. The van der Waals surface area contributed by atoms with Crippen molar-refractivity contribution in [2.45, 2.75) is 25.6 Å². The molecule has 0 aromatic carbocycles. The van der Waals surface area contributed by atoms with Crippen LogP contribution in [0.15, 0.2) is 36.0 Å². The summed E-state index contributed by atoms with van der Waals surface area (Å²) in [6, 6.07) is 4.01.